The van der Waals surface area contributed by atoms with Crippen molar-refractivity contribution in [1.82, 2.24) is 14.5 Å². The molecule has 2 fully saturated rings. The summed E-state index contributed by atoms with van der Waals surface area (Å²) < 4.78 is 32.3. The van der Waals surface area contributed by atoms with E-state index in [4.69, 9.17) is 4.74 Å². The summed E-state index contributed by atoms with van der Waals surface area (Å²) in [6, 6.07) is 7.32. The van der Waals surface area contributed by atoms with Crippen LogP contribution in [0.1, 0.15) is 32.3 Å². The van der Waals surface area contributed by atoms with E-state index >= 15 is 0 Å². The van der Waals surface area contributed by atoms with Gasteiger partial charge in [-0.15, -0.1) is 0 Å². The number of nitrogens with one attached hydrogen (secondary N) is 2. The van der Waals surface area contributed by atoms with E-state index in [0.29, 0.717) is 32.6 Å². The smallest absolute Gasteiger partial charge is 0.321 e. The number of benzene rings is 1. The van der Waals surface area contributed by atoms with Gasteiger partial charge in [0.05, 0.1) is 23.9 Å². The topological polar surface area (TPSA) is 108 Å². The van der Waals surface area contributed by atoms with Crippen LogP contribution >= 0.6 is 0 Å². The Balaban J connectivity index is 1.47. The van der Waals surface area contributed by atoms with E-state index in [0.717, 1.165) is 17.7 Å². The molecule has 2 saturated heterocycles. The van der Waals surface area contributed by atoms with Gasteiger partial charge in [-0.3, -0.25) is 4.79 Å². The first-order chi connectivity index (χ1) is 15.1. The minimum atomic E-state index is -3.47. The van der Waals surface area contributed by atoms with Gasteiger partial charge in [0.15, 0.2) is 0 Å². The molecule has 0 spiro atoms. The Hall–Kier alpha value is -2.17. The standard InChI is InChI=1S/C22H34N4O5S/c1-16-6-4-8-20(12-16)24-22(28)25-10-5-7-19(15-25)21(27)23-9-11-32(29,30)26-13-17(2)31-18(3)14-26/h4,6,8,12,17-19H,5,7,9-11,13-15H2,1-3H3,(H,23,27)(H,24,28). The van der Waals surface area contributed by atoms with Crippen LogP contribution in [0, 0.1) is 12.8 Å². The Labute approximate surface area is 190 Å². The Bertz CT molecular complexity index is 913. The zero-order chi connectivity index (χ0) is 23.3. The molecule has 10 heteroatoms. The van der Waals surface area contributed by atoms with Gasteiger partial charge in [-0.05, 0) is 51.3 Å². The molecule has 2 aliphatic heterocycles. The second-order valence-electron chi connectivity index (χ2n) is 8.77. The number of morpholine rings is 1. The first kappa shape index (κ1) is 24.5. The third-order valence-electron chi connectivity index (χ3n) is 5.79. The first-order valence-corrected chi connectivity index (χ1v) is 12.8. The van der Waals surface area contributed by atoms with E-state index in [2.05, 4.69) is 10.6 Å². The monoisotopic (exact) mass is 466 g/mol. The Morgan fingerprint density at radius 2 is 1.88 bits per heavy atom. The van der Waals surface area contributed by atoms with Crippen molar-refractivity contribution in [3.63, 3.8) is 0 Å². The van der Waals surface area contributed by atoms with Crippen LogP contribution in [0.4, 0.5) is 10.5 Å². The van der Waals surface area contributed by atoms with Crippen molar-refractivity contribution in [3.05, 3.63) is 29.8 Å². The van der Waals surface area contributed by atoms with Crippen LogP contribution in [-0.4, -0.2) is 80.2 Å². The third-order valence-corrected chi connectivity index (χ3v) is 7.59. The zero-order valence-corrected chi connectivity index (χ0v) is 19.9. The van der Waals surface area contributed by atoms with E-state index in [1.165, 1.54) is 4.31 Å². The number of piperidine rings is 1. The van der Waals surface area contributed by atoms with Gasteiger partial charge < -0.3 is 20.3 Å². The first-order valence-electron chi connectivity index (χ1n) is 11.2. The number of nitrogens with zero attached hydrogens (tertiary/aromatic N) is 2. The highest BCUT2D eigenvalue weighted by molar-refractivity contribution is 7.89. The van der Waals surface area contributed by atoms with E-state index in [-0.39, 0.29) is 42.4 Å². The Kier molecular flexibility index (Phi) is 8.13. The highest BCUT2D eigenvalue weighted by Crippen LogP contribution is 2.19. The zero-order valence-electron chi connectivity index (χ0n) is 19.0. The van der Waals surface area contributed by atoms with Crippen molar-refractivity contribution < 1.29 is 22.7 Å². The highest BCUT2D eigenvalue weighted by atomic mass is 32.2. The molecule has 3 amide bonds. The lowest BCUT2D eigenvalue weighted by molar-refractivity contribution is -0.126. The molecule has 9 nitrogen and oxygen atoms in total. The maximum atomic E-state index is 12.6. The highest BCUT2D eigenvalue weighted by Gasteiger charge is 2.32. The molecule has 0 aliphatic carbocycles. The number of likely N-dealkylation sites (tertiary alicyclic amines) is 1. The minimum absolute atomic E-state index is 0.0489. The molecule has 178 valence electrons. The van der Waals surface area contributed by atoms with E-state index in [1.807, 2.05) is 45.0 Å². The van der Waals surface area contributed by atoms with Gasteiger partial charge in [-0.25, -0.2) is 13.2 Å². The molecule has 0 radical (unpaired) electrons. The van der Waals surface area contributed by atoms with Crippen molar-refractivity contribution in [2.24, 2.45) is 5.92 Å². The van der Waals surface area contributed by atoms with Crippen LogP contribution in [0.2, 0.25) is 0 Å². The number of aryl methyl sites for hydroxylation is 1. The average molecular weight is 467 g/mol. The van der Waals surface area contributed by atoms with Crippen LogP contribution in [-0.2, 0) is 19.6 Å². The molecule has 0 saturated carbocycles. The molecule has 1 aromatic rings. The van der Waals surface area contributed by atoms with Crippen molar-refractivity contribution in [1.29, 1.82) is 0 Å². The fourth-order valence-corrected chi connectivity index (χ4v) is 5.73. The molecule has 2 N–H and O–H groups in total. The van der Waals surface area contributed by atoms with E-state index in [1.54, 1.807) is 4.90 Å². The summed E-state index contributed by atoms with van der Waals surface area (Å²) in [5, 5.41) is 5.63. The summed E-state index contributed by atoms with van der Waals surface area (Å²) in [5.41, 5.74) is 1.77. The molecular formula is C22H34N4O5S. The normalized spacial score (nSPS) is 24.7. The summed E-state index contributed by atoms with van der Waals surface area (Å²) >= 11 is 0. The number of carbonyl (C=O) groups is 2. The number of carbonyl (C=O) groups excluding carboxylic acids is 2. The van der Waals surface area contributed by atoms with Crippen LogP contribution in [0.5, 0.6) is 0 Å². The predicted octanol–water partition coefficient (Wildman–Crippen LogP) is 1.79. The summed E-state index contributed by atoms with van der Waals surface area (Å²) in [6.45, 7) is 7.26. The summed E-state index contributed by atoms with van der Waals surface area (Å²) in [6.07, 6.45) is 1.09. The largest absolute Gasteiger partial charge is 0.373 e. The van der Waals surface area contributed by atoms with Crippen molar-refractivity contribution in [2.75, 3.05) is 43.8 Å². The number of rotatable bonds is 6. The number of amides is 3. The second kappa shape index (κ2) is 10.6. The Morgan fingerprint density at radius 1 is 1.16 bits per heavy atom. The van der Waals surface area contributed by atoms with Gasteiger partial charge in [-0.1, -0.05) is 12.1 Å². The van der Waals surface area contributed by atoms with E-state index in [9.17, 15) is 18.0 Å². The van der Waals surface area contributed by atoms with Gasteiger partial charge in [0.1, 0.15) is 0 Å². The quantitative estimate of drug-likeness (QED) is 0.665. The molecule has 2 aliphatic rings. The number of hydrogen-bond acceptors (Lipinski definition) is 5. The molecular weight excluding hydrogens is 432 g/mol. The number of hydrogen-bond donors (Lipinski definition) is 2. The molecule has 3 atom stereocenters. The van der Waals surface area contributed by atoms with Crippen LogP contribution in [0.15, 0.2) is 24.3 Å². The molecule has 0 aromatic heterocycles. The fourth-order valence-electron chi connectivity index (χ4n) is 4.24. The maximum Gasteiger partial charge on any atom is 0.321 e. The molecule has 0 bridgehead atoms. The van der Waals surface area contributed by atoms with Crippen molar-refractivity contribution >= 4 is 27.6 Å². The van der Waals surface area contributed by atoms with Gasteiger partial charge in [0.2, 0.25) is 15.9 Å². The number of ether oxygens (including phenoxy) is 1. The van der Waals surface area contributed by atoms with Gasteiger partial charge in [-0.2, -0.15) is 4.31 Å². The molecule has 1 aromatic carbocycles. The average Bonchev–Trinajstić information content (AvgIpc) is 2.73. The van der Waals surface area contributed by atoms with Crippen LogP contribution in [0.3, 0.4) is 0 Å². The third kappa shape index (κ3) is 6.66. The molecule has 32 heavy (non-hydrogen) atoms. The number of sulfonamides is 1. The maximum absolute atomic E-state index is 12.6. The predicted molar refractivity (Wildman–Crippen MR) is 123 cm³/mol. The lowest BCUT2D eigenvalue weighted by atomic mass is 9.97. The lowest BCUT2D eigenvalue weighted by Gasteiger charge is -2.34. The van der Waals surface area contributed by atoms with Gasteiger partial charge in [0, 0.05) is 38.4 Å². The summed E-state index contributed by atoms with van der Waals surface area (Å²) in [5.74, 6) is -0.710. The summed E-state index contributed by atoms with van der Waals surface area (Å²) in [4.78, 5) is 26.9. The van der Waals surface area contributed by atoms with Crippen molar-refractivity contribution in [2.45, 2.75) is 45.8 Å². The Morgan fingerprint density at radius 3 is 2.56 bits per heavy atom. The molecule has 2 heterocycles. The number of urea groups is 1. The summed E-state index contributed by atoms with van der Waals surface area (Å²) in [7, 11) is -3.47. The van der Waals surface area contributed by atoms with Crippen molar-refractivity contribution in [3.8, 4) is 0 Å². The minimum Gasteiger partial charge on any atom is -0.373 e. The molecule has 3 rings (SSSR count). The number of anilines is 1. The van der Waals surface area contributed by atoms with Gasteiger partial charge >= 0.3 is 6.03 Å². The van der Waals surface area contributed by atoms with Crippen LogP contribution < -0.4 is 10.6 Å². The van der Waals surface area contributed by atoms with E-state index < -0.39 is 10.0 Å². The lowest BCUT2D eigenvalue weighted by Crippen LogP contribution is -2.50. The van der Waals surface area contributed by atoms with Crippen LogP contribution in [0.25, 0.3) is 0 Å². The SMILES string of the molecule is Cc1cccc(NC(=O)N2CCCC(C(=O)NCCS(=O)(=O)N3CC(C)OC(C)C3)C2)c1. The van der Waals surface area contributed by atoms with Gasteiger partial charge in [0.25, 0.3) is 0 Å². The fraction of sp³-hybridized carbons (Fsp3) is 0.636. The second-order valence-corrected chi connectivity index (χ2v) is 10.9. The molecule has 3 unspecified atom stereocenters.